The maximum Gasteiger partial charge on any atom is 0.272 e. The number of benzene rings is 1. The van der Waals surface area contributed by atoms with Gasteiger partial charge in [-0.25, -0.2) is 0 Å². The van der Waals surface area contributed by atoms with E-state index in [0.29, 0.717) is 50.2 Å². The van der Waals surface area contributed by atoms with Gasteiger partial charge in [0.25, 0.3) is 5.91 Å². The number of H-pyrrole nitrogens is 1. The van der Waals surface area contributed by atoms with Crippen molar-refractivity contribution in [1.82, 2.24) is 15.1 Å². The minimum atomic E-state index is -0.925. The molecule has 0 radical (unpaired) electrons. The Morgan fingerprint density at radius 1 is 1.26 bits per heavy atom. The first-order valence-electron chi connectivity index (χ1n) is 9.20. The number of ether oxygens (including phenoxy) is 1. The summed E-state index contributed by atoms with van der Waals surface area (Å²) in [6.45, 7) is 1.27. The molecule has 27 heavy (non-hydrogen) atoms. The number of aromatic amines is 1. The van der Waals surface area contributed by atoms with Crippen molar-refractivity contribution in [3.8, 4) is 11.1 Å². The Bertz CT molecular complexity index is 814. The quantitative estimate of drug-likeness (QED) is 0.617. The molecule has 8 nitrogen and oxygen atoms in total. The molecule has 8 heteroatoms. The molecule has 5 N–H and O–H groups in total. The van der Waals surface area contributed by atoms with E-state index in [9.17, 15) is 15.0 Å². The van der Waals surface area contributed by atoms with Gasteiger partial charge >= 0.3 is 0 Å². The van der Waals surface area contributed by atoms with Crippen LogP contribution in [0.25, 0.3) is 11.1 Å². The van der Waals surface area contributed by atoms with E-state index in [1.54, 1.807) is 4.90 Å². The lowest BCUT2D eigenvalue weighted by Gasteiger charge is -2.48. The third kappa shape index (κ3) is 3.09. The monoisotopic (exact) mass is 372 g/mol. The molecule has 2 aliphatic rings. The molecule has 2 saturated heterocycles. The van der Waals surface area contributed by atoms with E-state index < -0.39 is 17.8 Å². The highest BCUT2D eigenvalue weighted by Crippen LogP contribution is 2.36. The van der Waals surface area contributed by atoms with E-state index in [-0.39, 0.29) is 11.7 Å². The van der Waals surface area contributed by atoms with Gasteiger partial charge < -0.3 is 25.6 Å². The van der Waals surface area contributed by atoms with Crippen molar-refractivity contribution in [2.24, 2.45) is 0 Å². The predicted molar refractivity (Wildman–Crippen MR) is 98.9 cm³/mol. The molecule has 4 rings (SSSR count). The van der Waals surface area contributed by atoms with Crippen LogP contribution in [0, 0.1) is 0 Å². The summed E-state index contributed by atoms with van der Waals surface area (Å²) in [5, 5.41) is 27.1. The number of piperidine rings is 1. The zero-order valence-corrected chi connectivity index (χ0v) is 15.0. The number of likely N-dealkylation sites (tertiary alicyclic amines) is 1. The van der Waals surface area contributed by atoms with E-state index in [4.69, 9.17) is 10.5 Å². The number of amides is 1. The van der Waals surface area contributed by atoms with E-state index >= 15 is 0 Å². The minimum Gasteiger partial charge on any atom is -0.390 e. The van der Waals surface area contributed by atoms with Crippen LogP contribution in [0.3, 0.4) is 0 Å². The largest absolute Gasteiger partial charge is 0.390 e. The van der Waals surface area contributed by atoms with E-state index in [0.717, 1.165) is 5.56 Å². The van der Waals surface area contributed by atoms with Gasteiger partial charge in [-0.15, -0.1) is 0 Å². The third-order valence-electron chi connectivity index (χ3n) is 5.67. The van der Waals surface area contributed by atoms with Gasteiger partial charge in [-0.1, -0.05) is 30.3 Å². The minimum absolute atomic E-state index is 0.182. The Labute approximate surface area is 156 Å². The lowest BCUT2D eigenvalue weighted by Crippen LogP contribution is -2.60. The van der Waals surface area contributed by atoms with Crippen LogP contribution in [-0.4, -0.2) is 68.7 Å². The number of nitrogens with zero attached hydrogens (tertiary/aromatic N) is 2. The molecule has 0 aliphatic carbocycles. The number of anilines is 1. The maximum absolute atomic E-state index is 13.1. The van der Waals surface area contributed by atoms with Crippen LogP contribution >= 0.6 is 0 Å². The predicted octanol–water partition coefficient (Wildman–Crippen LogP) is 0.776. The summed E-state index contributed by atoms with van der Waals surface area (Å²) < 4.78 is 5.83. The zero-order chi connectivity index (χ0) is 19.0. The normalized spacial score (nSPS) is 24.9. The molecule has 2 fully saturated rings. The van der Waals surface area contributed by atoms with Crippen molar-refractivity contribution in [2.75, 3.05) is 25.4 Å². The molecule has 144 valence electrons. The smallest absolute Gasteiger partial charge is 0.272 e. The maximum atomic E-state index is 13.1. The first-order chi connectivity index (χ1) is 13.0. The second-order valence-corrected chi connectivity index (χ2v) is 7.23. The summed E-state index contributed by atoms with van der Waals surface area (Å²) in [4.78, 5) is 14.8. The lowest BCUT2D eigenvalue weighted by molar-refractivity contribution is -0.212. The highest BCUT2D eigenvalue weighted by molar-refractivity contribution is 6.01. The lowest BCUT2D eigenvalue weighted by atomic mass is 9.80. The molecule has 1 aromatic heterocycles. The number of aromatic nitrogens is 2. The van der Waals surface area contributed by atoms with Gasteiger partial charge in [0.15, 0.2) is 5.82 Å². The van der Waals surface area contributed by atoms with Crippen LogP contribution in [0.2, 0.25) is 0 Å². The molecule has 2 aromatic rings. The molecule has 0 unspecified atom stereocenters. The Morgan fingerprint density at radius 2 is 1.96 bits per heavy atom. The molecule has 3 heterocycles. The summed E-state index contributed by atoms with van der Waals surface area (Å²) in [5.41, 5.74) is 7.01. The molecular formula is C19H24N4O4. The van der Waals surface area contributed by atoms with Gasteiger partial charge in [-0.3, -0.25) is 9.89 Å². The number of nitrogens with two attached hydrogens (primary N) is 1. The molecule has 1 aromatic carbocycles. The van der Waals surface area contributed by atoms with Crippen LogP contribution in [0.15, 0.2) is 30.3 Å². The average Bonchev–Trinajstić information content (AvgIpc) is 3.08. The Kier molecular flexibility index (Phi) is 4.63. The van der Waals surface area contributed by atoms with Crippen LogP contribution in [0.4, 0.5) is 5.82 Å². The van der Waals surface area contributed by atoms with Gasteiger partial charge in [-0.2, -0.15) is 5.10 Å². The van der Waals surface area contributed by atoms with Gasteiger partial charge in [-0.05, 0) is 24.8 Å². The summed E-state index contributed by atoms with van der Waals surface area (Å²) in [6.07, 6.45) is -0.327. The van der Waals surface area contributed by atoms with Crippen molar-refractivity contribution >= 4 is 11.7 Å². The topological polar surface area (TPSA) is 125 Å². The average molecular weight is 372 g/mol. The zero-order valence-electron chi connectivity index (χ0n) is 15.0. The second-order valence-electron chi connectivity index (χ2n) is 7.23. The van der Waals surface area contributed by atoms with Crippen LogP contribution in [0.5, 0.6) is 0 Å². The summed E-state index contributed by atoms with van der Waals surface area (Å²) in [6, 6.07) is 9.43. The molecule has 2 atom stereocenters. The first-order valence-corrected chi connectivity index (χ1v) is 9.20. The fraction of sp³-hybridized carbons (Fsp3) is 0.474. The molecule has 2 aliphatic heterocycles. The van der Waals surface area contributed by atoms with E-state index in [1.807, 2.05) is 30.3 Å². The van der Waals surface area contributed by atoms with E-state index in [1.165, 1.54) is 0 Å². The molecular weight excluding hydrogens is 348 g/mol. The van der Waals surface area contributed by atoms with Crippen molar-refractivity contribution in [3.05, 3.63) is 36.0 Å². The van der Waals surface area contributed by atoms with Gasteiger partial charge in [0, 0.05) is 13.1 Å². The summed E-state index contributed by atoms with van der Waals surface area (Å²) in [5.74, 6) is 0.103. The Balaban J connectivity index is 1.53. The van der Waals surface area contributed by atoms with Gasteiger partial charge in [0.05, 0.1) is 23.9 Å². The number of carbonyl (C=O) groups is 1. The number of rotatable bonds is 2. The van der Waals surface area contributed by atoms with Crippen molar-refractivity contribution in [1.29, 1.82) is 0 Å². The van der Waals surface area contributed by atoms with Crippen molar-refractivity contribution in [2.45, 2.75) is 37.1 Å². The van der Waals surface area contributed by atoms with E-state index in [2.05, 4.69) is 10.2 Å². The summed E-state index contributed by atoms with van der Waals surface area (Å²) in [7, 11) is 0. The van der Waals surface area contributed by atoms with Crippen LogP contribution in [-0.2, 0) is 4.74 Å². The van der Waals surface area contributed by atoms with Gasteiger partial charge in [0.1, 0.15) is 11.8 Å². The van der Waals surface area contributed by atoms with Crippen LogP contribution in [0.1, 0.15) is 29.8 Å². The number of hydrogen-bond acceptors (Lipinski definition) is 6. The highest BCUT2D eigenvalue weighted by Gasteiger charge is 2.48. The number of nitrogens with one attached hydrogen (secondary N) is 1. The highest BCUT2D eigenvalue weighted by atomic mass is 16.5. The van der Waals surface area contributed by atoms with Crippen molar-refractivity contribution in [3.63, 3.8) is 0 Å². The standard InChI is InChI=1S/C19H24N4O4/c20-17-14(12-4-2-1-3-5-12)15(21-22-17)18(26)23-9-7-19(8-10-23)16(25)13(24)6-11-27-19/h1-5,13,16,24-25H,6-11H2,(H3,20,21,22)/t13-,16-/m0/s1. The third-order valence-corrected chi connectivity index (χ3v) is 5.67. The number of aliphatic hydroxyl groups is 2. The number of hydrogen-bond donors (Lipinski definition) is 4. The molecule has 1 amide bonds. The van der Waals surface area contributed by atoms with Gasteiger partial charge in [0.2, 0.25) is 0 Å². The summed E-state index contributed by atoms with van der Waals surface area (Å²) >= 11 is 0. The number of nitrogen functional groups attached to an aromatic ring is 1. The fourth-order valence-corrected chi connectivity index (χ4v) is 4.07. The first kappa shape index (κ1) is 18.0. The fourth-order valence-electron chi connectivity index (χ4n) is 4.07. The molecule has 0 saturated carbocycles. The Hall–Kier alpha value is -2.42. The molecule has 0 bridgehead atoms. The van der Waals surface area contributed by atoms with Crippen LogP contribution < -0.4 is 5.73 Å². The number of carbonyl (C=O) groups excluding carboxylic acids is 1. The SMILES string of the molecule is Nc1n[nH]c(C(=O)N2CCC3(CC2)OCC[C@H](O)[C@@H]3O)c1-c1ccccc1. The second kappa shape index (κ2) is 6.95. The van der Waals surface area contributed by atoms with Crippen molar-refractivity contribution < 1.29 is 19.7 Å². The Morgan fingerprint density at radius 3 is 2.67 bits per heavy atom. The molecule has 1 spiro atoms. The number of aliphatic hydroxyl groups excluding tert-OH is 2.